The van der Waals surface area contributed by atoms with E-state index in [9.17, 15) is 4.79 Å². The van der Waals surface area contributed by atoms with Gasteiger partial charge in [-0.3, -0.25) is 9.69 Å². The van der Waals surface area contributed by atoms with Crippen LogP contribution in [0.3, 0.4) is 0 Å². The van der Waals surface area contributed by atoms with Crippen molar-refractivity contribution in [2.75, 3.05) is 26.2 Å². The number of hydrogen-bond donors (Lipinski definition) is 0. The summed E-state index contributed by atoms with van der Waals surface area (Å²) in [7, 11) is 0. The van der Waals surface area contributed by atoms with Gasteiger partial charge in [-0.25, -0.2) is 0 Å². The van der Waals surface area contributed by atoms with Crippen LogP contribution in [0.5, 0.6) is 0 Å². The number of carbonyl (C=O) groups is 1. The van der Waals surface area contributed by atoms with E-state index in [0.717, 1.165) is 52.0 Å². The minimum absolute atomic E-state index is 0.172. The number of amides is 1. The van der Waals surface area contributed by atoms with Crippen LogP contribution in [0.1, 0.15) is 31.2 Å². The molecule has 4 rings (SSSR count). The van der Waals surface area contributed by atoms with Gasteiger partial charge in [-0.05, 0) is 60.5 Å². The molecule has 0 saturated carbocycles. The number of fused-ring (bicyclic) bond motifs is 1. The fourth-order valence-electron chi connectivity index (χ4n) is 4.08. The van der Waals surface area contributed by atoms with Crippen LogP contribution in [0, 0.1) is 5.92 Å². The Bertz CT molecular complexity index is 513. The molecular weight excluding hydrogens is 296 g/mol. The molecular formula is C17H24N2O2S. The lowest BCUT2D eigenvalue weighted by molar-refractivity contribution is -0.142. The van der Waals surface area contributed by atoms with Crippen molar-refractivity contribution in [3.63, 3.8) is 0 Å². The molecule has 3 aliphatic heterocycles. The minimum atomic E-state index is -0.172. The Labute approximate surface area is 136 Å². The second-order valence-corrected chi connectivity index (χ2v) is 7.63. The maximum absolute atomic E-state index is 12.5. The lowest BCUT2D eigenvalue weighted by Crippen LogP contribution is -2.42. The van der Waals surface area contributed by atoms with Crippen molar-refractivity contribution < 1.29 is 9.53 Å². The molecule has 1 amide bonds. The lowest BCUT2D eigenvalue weighted by atomic mass is 9.91. The highest BCUT2D eigenvalue weighted by Gasteiger charge is 2.43. The van der Waals surface area contributed by atoms with Gasteiger partial charge in [-0.15, -0.1) is 0 Å². The zero-order valence-corrected chi connectivity index (χ0v) is 13.8. The molecule has 1 aromatic rings. The number of likely N-dealkylation sites (tertiary alicyclic amines) is 2. The summed E-state index contributed by atoms with van der Waals surface area (Å²) < 4.78 is 6.16. The molecule has 0 aromatic carbocycles. The van der Waals surface area contributed by atoms with Gasteiger partial charge >= 0.3 is 0 Å². The van der Waals surface area contributed by atoms with Crippen molar-refractivity contribution in [3.8, 4) is 0 Å². The summed E-state index contributed by atoms with van der Waals surface area (Å²) in [6.45, 7) is 4.98. The molecule has 0 spiro atoms. The van der Waals surface area contributed by atoms with E-state index in [4.69, 9.17) is 4.74 Å². The van der Waals surface area contributed by atoms with E-state index in [0.29, 0.717) is 5.92 Å². The first-order valence-electron chi connectivity index (χ1n) is 8.47. The van der Waals surface area contributed by atoms with Crippen molar-refractivity contribution >= 4 is 17.2 Å². The highest BCUT2D eigenvalue weighted by atomic mass is 32.1. The monoisotopic (exact) mass is 320 g/mol. The smallest absolute Gasteiger partial charge is 0.251 e. The van der Waals surface area contributed by atoms with Crippen LogP contribution in [0.4, 0.5) is 0 Å². The average Bonchev–Trinajstić information content (AvgIpc) is 3.27. The highest BCUT2D eigenvalue weighted by Crippen LogP contribution is 2.34. The van der Waals surface area contributed by atoms with Gasteiger partial charge in [-0.2, -0.15) is 11.3 Å². The van der Waals surface area contributed by atoms with E-state index in [1.165, 1.54) is 12.0 Å². The Balaban J connectivity index is 1.34. The van der Waals surface area contributed by atoms with Crippen LogP contribution >= 0.6 is 11.3 Å². The number of nitrogens with zero attached hydrogens (tertiary/aromatic N) is 2. The maximum atomic E-state index is 12.5. The zero-order chi connectivity index (χ0) is 14.9. The van der Waals surface area contributed by atoms with E-state index in [1.807, 2.05) is 4.90 Å². The minimum Gasteiger partial charge on any atom is -0.364 e. The van der Waals surface area contributed by atoms with Crippen molar-refractivity contribution in [1.29, 1.82) is 0 Å². The summed E-state index contributed by atoms with van der Waals surface area (Å²) in [5.41, 5.74) is 1.39. The Morgan fingerprint density at radius 2 is 2.18 bits per heavy atom. The molecule has 4 heterocycles. The number of carbonyl (C=O) groups excluding carboxylic acids is 1. The van der Waals surface area contributed by atoms with Crippen LogP contribution in [0.2, 0.25) is 0 Å². The number of ether oxygens (including phenoxy) is 1. The molecule has 120 valence electrons. The molecule has 0 unspecified atom stereocenters. The summed E-state index contributed by atoms with van der Waals surface area (Å²) in [6, 6.07) is 2.20. The quantitative estimate of drug-likeness (QED) is 0.857. The molecule has 3 atom stereocenters. The summed E-state index contributed by atoms with van der Waals surface area (Å²) in [5, 5.41) is 4.36. The average molecular weight is 320 g/mol. The highest BCUT2D eigenvalue weighted by molar-refractivity contribution is 7.07. The van der Waals surface area contributed by atoms with Crippen molar-refractivity contribution in [3.05, 3.63) is 22.4 Å². The lowest BCUT2D eigenvalue weighted by Gasteiger charge is -2.33. The molecule has 0 N–H and O–H groups in total. The maximum Gasteiger partial charge on any atom is 0.251 e. The van der Waals surface area contributed by atoms with Crippen LogP contribution in [-0.2, 0) is 16.1 Å². The van der Waals surface area contributed by atoms with Crippen LogP contribution in [0.25, 0.3) is 0 Å². The van der Waals surface area contributed by atoms with Gasteiger partial charge in [0.2, 0.25) is 0 Å². The van der Waals surface area contributed by atoms with Gasteiger partial charge < -0.3 is 9.64 Å². The van der Waals surface area contributed by atoms with Crippen LogP contribution in [-0.4, -0.2) is 54.1 Å². The first kappa shape index (κ1) is 14.7. The molecule has 1 aromatic heterocycles. The number of rotatable bonds is 3. The number of piperidine rings is 1. The Hall–Kier alpha value is -0.910. The predicted octanol–water partition coefficient (Wildman–Crippen LogP) is 2.35. The third kappa shape index (κ3) is 2.94. The molecule has 3 fully saturated rings. The zero-order valence-electron chi connectivity index (χ0n) is 12.9. The van der Waals surface area contributed by atoms with Gasteiger partial charge in [0.05, 0.1) is 6.10 Å². The molecule has 22 heavy (non-hydrogen) atoms. The van der Waals surface area contributed by atoms with E-state index < -0.39 is 0 Å². The largest absolute Gasteiger partial charge is 0.364 e. The number of thiophene rings is 1. The third-order valence-corrected chi connectivity index (χ3v) is 6.05. The first-order valence-corrected chi connectivity index (χ1v) is 9.41. The van der Waals surface area contributed by atoms with Crippen molar-refractivity contribution in [2.45, 2.75) is 44.4 Å². The normalized spacial score (nSPS) is 32.4. The van der Waals surface area contributed by atoms with E-state index >= 15 is 0 Å². The Morgan fingerprint density at radius 3 is 2.95 bits per heavy atom. The molecule has 3 aliphatic rings. The SMILES string of the molecule is O=C([C@@H]1C[C@H]2CCN(Cc3ccsc3)C[C@H]2O1)N1CCCC1. The fourth-order valence-corrected chi connectivity index (χ4v) is 4.74. The van der Waals surface area contributed by atoms with Gasteiger partial charge in [0.15, 0.2) is 0 Å². The van der Waals surface area contributed by atoms with Gasteiger partial charge in [0, 0.05) is 26.2 Å². The molecule has 0 aliphatic carbocycles. The standard InChI is InChI=1S/C17H24N2O2S/c20-17(19-5-1-2-6-19)15-9-14-3-7-18(11-16(14)21-15)10-13-4-8-22-12-13/h4,8,12,14-16H,1-3,5-7,9-11H2/t14-,15+,16-/m1/s1. The summed E-state index contributed by atoms with van der Waals surface area (Å²) in [4.78, 5) is 17.0. The number of hydrogen-bond acceptors (Lipinski definition) is 4. The van der Waals surface area contributed by atoms with Crippen molar-refractivity contribution in [2.24, 2.45) is 5.92 Å². The second kappa shape index (κ2) is 6.30. The van der Waals surface area contributed by atoms with Gasteiger partial charge in [0.25, 0.3) is 5.91 Å². The van der Waals surface area contributed by atoms with Crippen LogP contribution < -0.4 is 0 Å². The summed E-state index contributed by atoms with van der Waals surface area (Å²) in [5.74, 6) is 0.826. The third-order valence-electron chi connectivity index (χ3n) is 5.32. The summed E-state index contributed by atoms with van der Waals surface area (Å²) >= 11 is 1.76. The second-order valence-electron chi connectivity index (χ2n) is 6.85. The fraction of sp³-hybridized carbons (Fsp3) is 0.706. The summed E-state index contributed by atoms with van der Waals surface area (Å²) in [6.07, 6.45) is 4.49. The van der Waals surface area contributed by atoms with Gasteiger partial charge in [0.1, 0.15) is 6.10 Å². The first-order chi connectivity index (χ1) is 10.8. The Morgan fingerprint density at radius 1 is 1.32 bits per heavy atom. The molecule has 5 heteroatoms. The molecule has 3 saturated heterocycles. The topological polar surface area (TPSA) is 32.8 Å². The van der Waals surface area contributed by atoms with E-state index in [2.05, 4.69) is 21.7 Å². The Kier molecular flexibility index (Phi) is 4.20. The molecule has 4 nitrogen and oxygen atoms in total. The van der Waals surface area contributed by atoms with E-state index in [-0.39, 0.29) is 18.1 Å². The van der Waals surface area contributed by atoms with Gasteiger partial charge in [-0.1, -0.05) is 0 Å². The van der Waals surface area contributed by atoms with Crippen molar-refractivity contribution in [1.82, 2.24) is 9.80 Å². The molecule has 0 radical (unpaired) electrons. The predicted molar refractivity (Wildman–Crippen MR) is 86.8 cm³/mol. The van der Waals surface area contributed by atoms with E-state index in [1.54, 1.807) is 11.3 Å². The van der Waals surface area contributed by atoms with Crippen LogP contribution in [0.15, 0.2) is 16.8 Å². The molecule has 0 bridgehead atoms.